The Morgan fingerprint density at radius 1 is 0.349 bits per heavy atom. The van der Waals surface area contributed by atoms with Gasteiger partial charge in [0.15, 0.2) is 17.2 Å². The van der Waals surface area contributed by atoms with Gasteiger partial charge in [-0.2, -0.15) is 0 Å². The van der Waals surface area contributed by atoms with E-state index in [1.54, 1.807) is 0 Å². The lowest BCUT2D eigenvalue weighted by Gasteiger charge is -2.11. The van der Waals surface area contributed by atoms with Gasteiger partial charge in [-0.25, -0.2) is 9.97 Å². The van der Waals surface area contributed by atoms with E-state index in [-0.39, 0.29) is 0 Å². The number of fused-ring (bicyclic) bond motifs is 13. The number of nitrogens with zero attached hydrogens (tertiary/aromatic N) is 4. The third kappa shape index (κ3) is 4.93. The number of hydrogen-bond acceptors (Lipinski definition) is 3. The summed E-state index contributed by atoms with van der Waals surface area (Å²) in [5, 5.41) is 8.15. The molecule has 14 rings (SSSR count). The second-order valence-corrected chi connectivity index (χ2v) is 16.5. The molecule has 5 heterocycles. The summed E-state index contributed by atoms with van der Waals surface area (Å²) in [6.07, 6.45) is 0. The highest BCUT2D eigenvalue weighted by Gasteiger charge is 2.27. The van der Waals surface area contributed by atoms with E-state index in [1.165, 1.54) is 65.7 Å². The van der Waals surface area contributed by atoms with Gasteiger partial charge in [0.25, 0.3) is 0 Å². The van der Waals surface area contributed by atoms with Crippen molar-refractivity contribution in [2.75, 3.05) is 0 Å². The lowest BCUT2D eigenvalue weighted by atomic mass is 9.98. The summed E-state index contributed by atoms with van der Waals surface area (Å²) in [6, 6.07) is 73.6. The third-order valence-electron chi connectivity index (χ3n) is 13.1. The average Bonchev–Trinajstić information content (AvgIpc) is 4.10. The van der Waals surface area contributed by atoms with Crippen molar-refractivity contribution in [3.8, 4) is 50.6 Å². The molecule has 63 heavy (non-hydrogen) atoms. The molecular formula is C58H34N4O. The van der Waals surface area contributed by atoms with Gasteiger partial charge in [0, 0.05) is 43.3 Å². The lowest BCUT2D eigenvalue weighted by Crippen LogP contribution is -2.02. The van der Waals surface area contributed by atoms with Crippen molar-refractivity contribution in [1.29, 1.82) is 0 Å². The molecular weight excluding hydrogens is 769 g/mol. The maximum absolute atomic E-state index is 6.85. The van der Waals surface area contributed by atoms with Crippen LogP contribution >= 0.6 is 0 Å². The minimum absolute atomic E-state index is 0.639. The lowest BCUT2D eigenvalue weighted by molar-refractivity contribution is 0.662. The molecule has 0 aliphatic carbocycles. The van der Waals surface area contributed by atoms with Crippen LogP contribution in [-0.4, -0.2) is 18.9 Å². The first kappa shape index (κ1) is 34.2. The van der Waals surface area contributed by atoms with E-state index in [1.807, 2.05) is 24.3 Å². The number of hydrogen-bond donors (Lipinski definition) is 0. The molecule has 0 aliphatic heterocycles. The molecule has 0 N–H and O–H groups in total. The summed E-state index contributed by atoms with van der Waals surface area (Å²) in [5.41, 5.74) is 15.9. The summed E-state index contributed by atoms with van der Waals surface area (Å²) in [5.74, 6) is 1.34. The van der Waals surface area contributed by atoms with E-state index in [9.17, 15) is 0 Å². The number of rotatable bonds is 5. The van der Waals surface area contributed by atoms with E-state index in [4.69, 9.17) is 14.4 Å². The first-order valence-corrected chi connectivity index (χ1v) is 21.4. The molecule has 292 valence electrons. The van der Waals surface area contributed by atoms with Crippen LogP contribution < -0.4 is 0 Å². The molecule has 0 spiro atoms. The number of para-hydroxylation sites is 2. The Morgan fingerprint density at radius 2 is 0.889 bits per heavy atom. The molecule has 0 saturated carbocycles. The first-order chi connectivity index (χ1) is 31.2. The minimum atomic E-state index is 0.639. The zero-order valence-electron chi connectivity index (χ0n) is 33.8. The van der Waals surface area contributed by atoms with Gasteiger partial charge in [-0.3, -0.25) is 4.57 Å². The maximum Gasteiger partial charge on any atom is 0.197 e. The van der Waals surface area contributed by atoms with Crippen molar-refractivity contribution in [2.45, 2.75) is 0 Å². The fraction of sp³-hybridized carbons (Fsp3) is 0. The Morgan fingerprint density at radius 3 is 1.60 bits per heavy atom. The molecule has 5 aromatic heterocycles. The molecule has 0 saturated heterocycles. The predicted octanol–water partition coefficient (Wildman–Crippen LogP) is 15.3. The highest BCUT2D eigenvalue weighted by molar-refractivity contribution is 6.36. The Bertz CT molecular complexity index is 4110. The molecule has 0 bridgehead atoms. The summed E-state index contributed by atoms with van der Waals surface area (Å²) in [6.45, 7) is 0. The second kappa shape index (κ2) is 13.0. The van der Waals surface area contributed by atoms with E-state index in [0.717, 1.165) is 49.6 Å². The first-order valence-electron chi connectivity index (χ1n) is 21.4. The van der Waals surface area contributed by atoms with Gasteiger partial charge in [0.1, 0.15) is 11.1 Å². The Kier molecular flexibility index (Phi) is 7.05. The highest BCUT2D eigenvalue weighted by atomic mass is 16.3. The standard InChI is InChI=1S/C58H34N4O/c1-4-14-35(15-5-1)38-24-26-39(27-25-38)57-59-54-43-21-11-13-23-51(43)63-56(54)58(60-57)62-49-31-29-41(37-18-8-3-9-19-37)33-46(49)52-50(62)34-45-44-32-40(36-16-6-2-7-17-36)28-30-48(44)61-47-22-12-10-20-42(47)53(52)55(45)61/h1-34H. The molecule has 5 heteroatoms. The Balaban J connectivity index is 1.14. The second-order valence-electron chi connectivity index (χ2n) is 16.5. The quantitative estimate of drug-likeness (QED) is 0.174. The van der Waals surface area contributed by atoms with Gasteiger partial charge in [-0.1, -0.05) is 158 Å². The molecule has 0 aliphatic rings. The van der Waals surface area contributed by atoms with E-state index < -0.39 is 0 Å². The monoisotopic (exact) mass is 802 g/mol. The number of aromatic nitrogens is 4. The van der Waals surface area contributed by atoms with Gasteiger partial charge in [0.2, 0.25) is 0 Å². The van der Waals surface area contributed by atoms with Crippen molar-refractivity contribution in [1.82, 2.24) is 18.9 Å². The summed E-state index contributed by atoms with van der Waals surface area (Å²) in [4.78, 5) is 10.8. The molecule has 5 nitrogen and oxygen atoms in total. The SMILES string of the molecule is c1ccc(-c2ccc(-c3nc(-n4c5ccc(-c6ccccc6)cc5c5c6c7ccccc7n7c8ccc(-c9ccccc9)cc8c(cc54)c67)c4oc5ccccc5c4n3)cc2)cc1. The van der Waals surface area contributed by atoms with Crippen LogP contribution in [0.25, 0.3) is 133 Å². The van der Waals surface area contributed by atoms with Crippen molar-refractivity contribution < 1.29 is 4.42 Å². The van der Waals surface area contributed by atoms with E-state index in [2.05, 4.69) is 191 Å². The Hall–Kier alpha value is -8.54. The molecule has 0 radical (unpaired) electrons. The van der Waals surface area contributed by atoms with Crippen LogP contribution in [0.15, 0.2) is 211 Å². The normalized spacial score (nSPS) is 12.1. The van der Waals surface area contributed by atoms with Crippen molar-refractivity contribution in [3.05, 3.63) is 206 Å². The molecule has 0 fully saturated rings. The summed E-state index contributed by atoms with van der Waals surface area (Å²) < 4.78 is 11.7. The van der Waals surface area contributed by atoms with Crippen LogP contribution in [0.2, 0.25) is 0 Å². The number of furan rings is 1. The smallest absolute Gasteiger partial charge is 0.197 e. The topological polar surface area (TPSA) is 48.3 Å². The van der Waals surface area contributed by atoms with Crippen molar-refractivity contribution in [3.63, 3.8) is 0 Å². The minimum Gasteiger partial charge on any atom is -0.450 e. The molecule has 14 aromatic rings. The van der Waals surface area contributed by atoms with Crippen LogP contribution in [0.4, 0.5) is 0 Å². The average molecular weight is 803 g/mol. The number of benzene rings is 9. The molecule has 0 unspecified atom stereocenters. The van der Waals surface area contributed by atoms with Gasteiger partial charge in [-0.15, -0.1) is 0 Å². The van der Waals surface area contributed by atoms with Gasteiger partial charge in [0.05, 0.1) is 27.6 Å². The third-order valence-corrected chi connectivity index (χ3v) is 13.1. The van der Waals surface area contributed by atoms with Crippen LogP contribution in [0.1, 0.15) is 0 Å². The summed E-state index contributed by atoms with van der Waals surface area (Å²) >= 11 is 0. The van der Waals surface area contributed by atoms with E-state index in [0.29, 0.717) is 17.2 Å². The van der Waals surface area contributed by atoms with Crippen molar-refractivity contribution in [2.24, 2.45) is 0 Å². The van der Waals surface area contributed by atoms with E-state index >= 15 is 0 Å². The largest absolute Gasteiger partial charge is 0.450 e. The Labute approximate surface area is 360 Å². The van der Waals surface area contributed by atoms with Crippen LogP contribution in [-0.2, 0) is 0 Å². The van der Waals surface area contributed by atoms with Gasteiger partial charge in [-0.05, 0) is 81.9 Å². The van der Waals surface area contributed by atoms with Crippen LogP contribution in [0.5, 0.6) is 0 Å². The zero-order chi connectivity index (χ0) is 41.2. The molecule has 0 atom stereocenters. The van der Waals surface area contributed by atoms with Gasteiger partial charge < -0.3 is 8.82 Å². The fourth-order valence-electron chi connectivity index (χ4n) is 10.2. The molecule has 9 aromatic carbocycles. The van der Waals surface area contributed by atoms with Gasteiger partial charge >= 0.3 is 0 Å². The van der Waals surface area contributed by atoms with Crippen molar-refractivity contribution >= 4 is 82.0 Å². The molecule has 0 amide bonds. The predicted molar refractivity (Wildman–Crippen MR) is 260 cm³/mol. The highest BCUT2D eigenvalue weighted by Crippen LogP contribution is 2.48. The maximum atomic E-state index is 6.85. The van der Waals surface area contributed by atoms with Crippen LogP contribution in [0, 0.1) is 0 Å². The summed E-state index contributed by atoms with van der Waals surface area (Å²) in [7, 11) is 0. The zero-order valence-corrected chi connectivity index (χ0v) is 33.8. The fourth-order valence-corrected chi connectivity index (χ4v) is 10.2. The van der Waals surface area contributed by atoms with Crippen LogP contribution in [0.3, 0.4) is 0 Å².